The average Bonchev–Trinajstić information content (AvgIpc) is 2.91. The van der Waals surface area contributed by atoms with E-state index in [1.54, 1.807) is 24.0 Å². The van der Waals surface area contributed by atoms with Crippen LogP contribution in [0.5, 0.6) is 0 Å². The van der Waals surface area contributed by atoms with Crippen molar-refractivity contribution in [2.75, 3.05) is 13.1 Å². The lowest BCUT2D eigenvalue weighted by molar-refractivity contribution is -0.138. The van der Waals surface area contributed by atoms with Gasteiger partial charge in [0, 0.05) is 20.0 Å². The number of amides is 2. The van der Waals surface area contributed by atoms with E-state index < -0.39 is 10.3 Å². The van der Waals surface area contributed by atoms with Crippen molar-refractivity contribution in [1.82, 2.24) is 10.2 Å². The number of amidine groups is 1. The number of hydrogen-bond donors (Lipinski definition) is 2. The zero-order valence-electron chi connectivity index (χ0n) is 15.7. The van der Waals surface area contributed by atoms with E-state index in [4.69, 9.17) is 0 Å². The molecular weight excluding hydrogens is 369 g/mol. The summed E-state index contributed by atoms with van der Waals surface area (Å²) < 4.78 is 12.0. The summed E-state index contributed by atoms with van der Waals surface area (Å²) in [4.78, 5) is 30.4. The van der Waals surface area contributed by atoms with Crippen LogP contribution in [0.1, 0.15) is 45.2 Å². The van der Waals surface area contributed by atoms with E-state index in [0.29, 0.717) is 31.1 Å². The van der Waals surface area contributed by atoms with Crippen molar-refractivity contribution in [3.8, 4) is 0 Å². The highest BCUT2D eigenvalue weighted by Crippen LogP contribution is 2.46. The van der Waals surface area contributed by atoms with Crippen molar-refractivity contribution < 1.29 is 19.1 Å². The molecule has 2 aliphatic rings. The SMILES string of the molecule is CC(=O)N1CCC(O)(C2(C)SC(=N[C@@H](C)c3ccc(F)cc3)NC2=O)CC1. The zero-order valence-corrected chi connectivity index (χ0v) is 16.5. The predicted octanol–water partition coefficient (Wildman–Crippen LogP) is 2.24. The van der Waals surface area contributed by atoms with Crippen molar-refractivity contribution in [2.45, 2.75) is 50.0 Å². The van der Waals surface area contributed by atoms with Crippen molar-refractivity contribution in [3.63, 3.8) is 0 Å². The molecule has 2 fully saturated rings. The Morgan fingerprint density at radius 1 is 1.33 bits per heavy atom. The maximum absolute atomic E-state index is 13.1. The Labute approximate surface area is 162 Å². The van der Waals surface area contributed by atoms with Gasteiger partial charge in [0.05, 0.1) is 11.6 Å². The van der Waals surface area contributed by atoms with Crippen LogP contribution in [-0.2, 0) is 9.59 Å². The smallest absolute Gasteiger partial charge is 0.245 e. The summed E-state index contributed by atoms with van der Waals surface area (Å²) in [5, 5.41) is 14.4. The van der Waals surface area contributed by atoms with Gasteiger partial charge in [-0.2, -0.15) is 0 Å². The van der Waals surface area contributed by atoms with Gasteiger partial charge in [-0.15, -0.1) is 0 Å². The minimum absolute atomic E-state index is 0.0268. The summed E-state index contributed by atoms with van der Waals surface area (Å²) in [6.07, 6.45) is 0.675. The van der Waals surface area contributed by atoms with Crippen LogP contribution in [0.3, 0.4) is 0 Å². The van der Waals surface area contributed by atoms with Crippen molar-refractivity contribution >= 4 is 28.7 Å². The summed E-state index contributed by atoms with van der Waals surface area (Å²) in [5.74, 6) is -0.619. The minimum atomic E-state index is -1.22. The average molecular weight is 393 g/mol. The lowest BCUT2D eigenvalue weighted by atomic mass is 9.79. The van der Waals surface area contributed by atoms with E-state index in [2.05, 4.69) is 10.3 Å². The molecule has 2 amide bonds. The molecule has 1 aromatic carbocycles. The third-order valence-corrected chi connectivity index (χ3v) is 6.92. The molecule has 2 saturated heterocycles. The van der Waals surface area contributed by atoms with Crippen molar-refractivity contribution in [2.24, 2.45) is 4.99 Å². The van der Waals surface area contributed by atoms with Crippen LogP contribution in [0.25, 0.3) is 0 Å². The molecule has 1 unspecified atom stereocenters. The Balaban J connectivity index is 1.75. The Kier molecular flexibility index (Phi) is 5.31. The third-order valence-electron chi connectivity index (χ3n) is 5.54. The van der Waals surface area contributed by atoms with Crippen LogP contribution in [0.4, 0.5) is 4.39 Å². The molecule has 0 spiro atoms. The minimum Gasteiger partial charge on any atom is -0.388 e. The van der Waals surface area contributed by atoms with Gasteiger partial charge in [-0.25, -0.2) is 4.39 Å². The van der Waals surface area contributed by atoms with Gasteiger partial charge < -0.3 is 15.3 Å². The van der Waals surface area contributed by atoms with Gasteiger partial charge in [0.15, 0.2) is 5.17 Å². The van der Waals surface area contributed by atoms with E-state index >= 15 is 0 Å². The summed E-state index contributed by atoms with van der Waals surface area (Å²) in [5.41, 5.74) is -0.384. The molecule has 3 rings (SSSR count). The fourth-order valence-electron chi connectivity index (χ4n) is 3.51. The number of nitrogens with one attached hydrogen (secondary N) is 1. The number of rotatable bonds is 3. The maximum atomic E-state index is 13.1. The van der Waals surface area contributed by atoms with Gasteiger partial charge in [0.25, 0.3) is 0 Å². The van der Waals surface area contributed by atoms with E-state index in [1.807, 2.05) is 6.92 Å². The first-order valence-electron chi connectivity index (χ1n) is 8.96. The summed E-state index contributed by atoms with van der Waals surface area (Å²) >= 11 is 1.22. The highest BCUT2D eigenvalue weighted by Gasteiger charge is 2.58. The number of benzene rings is 1. The van der Waals surface area contributed by atoms with Gasteiger partial charge in [-0.3, -0.25) is 14.6 Å². The molecule has 2 atom stereocenters. The van der Waals surface area contributed by atoms with Gasteiger partial charge >= 0.3 is 0 Å². The zero-order chi connectivity index (χ0) is 19.8. The van der Waals surface area contributed by atoms with Crippen LogP contribution in [0.15, 0.2) is 29.3 Å². The Hall–Kier alpha value is -1.93. The number of nitrogens with zero attached hydrogens (tertiary/aromatic N) is 2. The number of thioether (sulfide) groups is 1. The van der Waals surface area contributed by atoms with Crippen molar-refractivity contribution in [1.29, 1.82) is 0 Å². The molecule has 0 aliphatic carbocycles. The first kappa shape index (κ1) is 19.8. The van der Waals surface area contributed by atoms with E-state index in [9.17, 15) is 19.1 Å². The van der Waals surface area contributed by atoms with Crippen LogP contribution in [0.2, 0.25) is 0 Å². The Bertz CT molecular complexity index is 775. The standard InChI is InChI=1S/C19H24FN3O3S/c1-12(14-4-6-15(20)7-5-14)21-17-22-16(25)18(3,27-17)19(26)8-10-23(11-9-19)13(2)24/h4-7,12,26H,8-11H2,1-3H3,(H,21,22,25)/t12-,18?/m0/s1. The quantitative estimate of drug-likeness (QED) is 0.825. The number of halogens is 1. The first-order chi connectivity index (χ1) is 12.6. The third kappa shape index (κ3) is 3.73. The number of aliphatic imine (C=N–C) groups is 1. The molecule has 8 heteroatoms. The lowest BCUT2D eigenvalue weighted by Crippen LogP contribution is -2.60. The Morgan fingerprint density at radius 2 is 1.93 bits per heavy atom. The van der Waals surface area contributed by atoms with Crippen LogP contribution >= 0.6 is 11.8 Å². The Morgan fingerprint density at radius 3 is 2.48 bits per heavy atom. The molecule has 6 nitrogen and oxygen atoms in total. The number of carbonyl (C=O) groups is 2. The first-order valence-corrected chi connectivity index (χ1v) is 9.78. The molecule has 146 valence electrons. The van der Waals surface area contributed by atoms with Gasteiger partial charge in [0.2, 0.25) is 11.8 Å². The molecule has 2 N–H and O–H groups in total. The number of piperidine rings is 1. The molecule has 0 bridgehead atoms. The number of aliphatic hydroxyl groups is 1. The number of hydrogen-bond acceptors (Lipinski definition) is 5. The van der Waals surface area contributed by atoms with Crippen LogP contribution in [0, 0.1) is 5.82 Å². The number of likely N-dealkylation sites (tertiary alicyclic amines) is 1. The molecule has 27 heavy (non-hydrogen) atoms. The predicted molar refractivity (Wildman–Crippen MR) is 103 cm³/mol. The van der Waals surface area contributed by atoms with Crippen LogP contribution in [-0.4, -0.2) is 50.4 Å². The van der Waals surface area contributed by atoms with Crippen LogP contribution < -0.4 is 5.32 Å². The molecular formula is C19H24FN3O3S. The normalized spacial score (nSPS) is 27.5. The monoisotopic (exact) mass is 393 g/mol. The molecule has 0 saturated carbocycles. The highest BCUT2D eigenvalue weighted by atomic mass is 32.2. The molecule has 1 aromatic rings. The molecule has 2 aliphatic heterocycles. The van der Waals surface area contributed by atoms with Crippen molar-refractivity contribution in [3.05, 3.63) is 35.6 Å². The second-order valence-electron chi connectivity index (χ2n) is 7.29. The molecule has 2 heterocycles. The molecule has 0 radical (unpaired) electrons. The largest absolute Gasteiger partial charge is 0.388 e. The summed E-state index contributed by atoms with van der Waals surface area (Å²) in [6.45, 7) is 5.94. The van der Waals surface area contributed by atoms with E-state index in [1.165, 1.54) is 30.8 Å². The van der Waals surface area contributed by atoms with Gasteiger partial charge in [0.1, 0.15) is 10.6 Å². The fourth-order valence-corrected chi connectivity index (χ4v) is 4.79. The topological polar surface area (TPSA) is 82.0 Å². The second-order valence-corrected chi connectivity index (χ2v) is 8.70. The number of carbonyl (C=O) groups excluding carboxylic acids is 2. The molecule has 0 aromatic heterocycles. The second kappa shape index (κ2) is 7.24. The van der Waals surface area contributed by atoms with Gasteiger partial charge in [-0.05, 0) is 44.4 Å². The van der Waals surface area contributed by atoms with E-state index in [0.717, 1.165) is 5.56 Å². The maximum Gasteiger partial charge on any atom is 0.245 e. The van der Waals surface area contributed by atoms with E-state index in [-0.39, 0.29) is 23.7 Å². The fraction of sp³-hybridized carbons (Fsp3) is 0.526. The highest BCUT2D eigenvalue weighted by molar-refractivity contribution is 8.16. The summed E-state index contributed by atoms with van der Waals surface area (Å²) in [7, 11) is 0. The van der Waals surface area contributed by atoms with Gasteiger partial charge in [-0.1, -0.05) is 23.9 Å². The summed E-state index contributed by atoms with van der Waals surface area (Å²) in [6, 6.07) is 5.82. The lowest BCUT2D eigenvalue weighted by Gasteiger charge is -2.45.